The lowest BCUT2D eigenvalue weighted by atomic mass is 9.92. The lowest BCUT2D eigenvalue weighted by Gasteiger charge is -2.28. The largest absolute Gasteiger partial charge is 0.416 e. The molecular weight excluding hydrogens is 311 g/mol. The van der Waals surface area contributed by atoms with Gasteiger partial charge in [0, 0.05) is 30.4 Å². The fraction of sp³-hybridized carbons (Fsp3) is 0.647. The van der Waals surface area contributed by atoms with Crippen molar-refractivity contribution < 1.29 is 13.2 Å². The van der Waals surface area contributed by atoms with Gasteiger partial charge in [0.2, 0.25) is 0 Å². The number of benzene rings is 1. The molecule has 0 radical (unpaired) electrons. The number of nitrogens with zero attached hydrogens (tertiary/aromatic N) is 1. The van der Waals surface area contributed by atoms with Gasteiger partial charge in [-0.05, 0) is 42.9 Å². The summed E-state index contributed by atoms with van der Waals surface area (Å²) in [5, 5.41) is 0. The second-order valence-electron chi connectivity index (χ2n) is 6.77. The van der Waals surface area contributed by atoms with E-state index < -0.39 is 11.7 Å². The normalized spacial score (nSPS) is 32.8. The van der Waals surface area contributed by atoms with Gasteiger partial charge in [0.25, 0.3) is 0 Å². The van der Waals surface area contributed by atoms with Gasteiger partial charge in [0.15, 0.2) is 0 Å². The van der Waals surface area contributed by atoms with E-state index in [-0.39, 0.29) is 5.41 Å². The lowest BCUT2D eigenvalue weighted by Crippen LogP contribution is -2.36. The van der Waals surface area contributed by atoms with Gasteiger partial charge in [-0.25, -0.2) is 0 Å². The number of halogens is 4. The van der Waals surface area contributed by atoms with E-state index in [1.54, 1.807) is 12.1 Å². The van der Waals surface area contributed by atoms with Crippen LogP contribution in [0.2, 0.25) is 0 Å². The molecule has 5 heteroatoms. The first-order valence-corrected chi connectivity index (χ1v) is 8.32. The average Bonchev–Trinajstić information content (AvgIpc) is 2.85. The zero-order valence-corrected chi connectivity index (χ0v) is 13.6. The molecule has 1 aliphatic heterocycles. The van der Waals surface area contributed by atoms with E-state index in [0.717, 1.165) is 25.1 Å². The van der Waals surface area contributed by atoms with Crippen molar-refractivity contribution in [2.45, 2.75) is 37.9 Å². The van der Waals surface area contributed by atoms with Crippen LogP contribution in [0.5, 0.6) is 0 Å². The third-order valence-electron chi connectivity index (χ3n) is 5.76. The van der Waals surface area contributed by atoms with E-state index >= 15 is 0 Å². The molecule has 1 aromatic rings. The summed E-state index contributed by atoms with van der Waals surface area (Å²) in [6, 6.07) is 6.22. The fourth-order valence-corrected chi connectivity index (χ4v) is 4.49. The summed E-state index contributed by atoms with van der Waals surface area (Å²) < 4.78 is 38.1. The van der Waals surface area contributed by atoms with E-state index in [2.05, 4.69) is 18.7 Å². The molecule has 1 aliphatic carbocycles. The van der Waals surface area contributed by atoms with Crippen molar-refractivity contribution in [2.24, 2.45) is 11.8 Å². The van der Waals surface area contributed by atoms with Crippen LogP contribution in [-0.4, -0.2) is 29.9 Å². The lowest BCUT2D eigenvalue weighted by molar-refractivity contribution is -0.137. The minimum atomic E-state index is -4.26. The Kier molecular flexibility index (Phi) is 3.97. The summed E-state index contributed by atoms with van der Waals surface area (Å²) in [7, 11) is 0. The molecule has 0 amide bonds. The topological polar surface area (TPSA) is 3.24 Å². The molecule has 4 atom stereocenters. The van der Waals surface area contributed by atoms with Crippen molar-refractivity contribution in [3.8, 4) is 0 Å². The molecule has 122 valence electrons. The van der Waals surface area contributed by atoms with Crippen molar-refractivity contribution in [2.75, 3.05) is 19.0 Å². The summed E-state index contributed by atoms with van der Waals surface area (Å²) in [6.45, 7) is 6.35. The zero-order valence-electron chi connectivity index (χ0n) is 12.8. The smallest absolute Gasteiger partial charge is 0.299 e. The van der Waals surface area contributed by atoms with Crippen LogP contribution in [0.4, 0.5) is 13.2 Å². The van der Waals surface area contributed by atoms with E-state index in [1.807, 2.05) is 0 Å². The molecular formula is C17H21ClF3N. The van der Waals surface area contributed by atoms with Crippen molar-refractivity contribution in [1.29, 1.82) is 0 Å². The number of hydrogen-bond acceptors (Lipinski definition) is 1. The van der Waals surface area contributed by atoms with E-state index in [9.17, 15) is 13.2 Å². The van der Waals surface area contributed by atoms with Gasteiger partial charge >= 0.3 is 6.18 Å². The van der Waals surface area contributed by atoms with E-state index in [4.69, 9.17) is 11.6 Å². The Labute approximate surface area is 134 Å². The predicted octanol–water partition coefficient (Wildman–Crippen LogP) is 4.54. The van der Waals surface area contributed by atoms with Gasteiger partial charge < -0.3 is 0 Å². The first kappa shape index (κ1) is 16.1. The summed E-state index contributed by atoms with van der Waals surface area (Å²) in [5.74, 6) is 1.75. The second-order valence-corrected chi connectivity index (χ2v) is 7.14. The molecule has 2 fully saturated rings. The van der Waals surface area contributed by atoms with Crippen LogP contribution < -0.4 is 0 Å². The van der Waals surface area contributed by atoms with Crippen LogP contribution in [0.3, 0.4) is 0 Å². The molecule has 1 saturated carbocycles. The molecule has 3 rings (SSSR count). The first-order chi connectivity index (χ1) is 10.3. The molecule has 0 aromatic heterocycles. The SMILES string of the molecule is CC(CCCl)N1C[C@@H]2[C@H](C)[C@]2(c2ccc(C(F)(F)F)cc2)C1. The molecule has 0 N–H and O–H groups in total. The first-order valence-electron chi connectivity index (χ1n) is 7.78. The average molecular weight is 332 g/mol. The van der Waals surface area contributed by atoms with Gasteiger partial charge in [-0.15, -0.1) is 11.6 Å². The monoisotopic (exact) mass is 331 g/mol. The summed E-state index contributed by atoms with van der Waals surface area (Å²) in [5.41, 5.74) is 0.534. The van der Waals surface area contributed by atoms with Gasteiger partial charge in [-0.2, -0.15) is 13.2 Å². The van der Waals surface area contributed by atoms with Crippen molar-refractivity contribution in [1.82, 2.24) is 4.90 Å². The standard InChI is InChI=1S/C17H21ClF3N/c1-11(7-8-18)22-9-15-12(2)16(15,10-22)13-3-5-14(6-4-13)17(19,20)21/h3-6,11-12,15H,7-10H2,1-2H3/t11?,12-,15+,16-/m0/s1. The Balaban J connectivity index is 1.79. The zero-order chi connectivity index (χ0) is 16.1. The van der Waals surface area contributed by atoms with E-state index in [0.29, 0.717) is 23.8 Å². The minimum absolute atomic E-state index is 0.0463. The fourth-order valence-electron chi connectivity index (χ4n) is 4.18. The molecule has 0 spiro atoms. The van der Waals surface area contributed by atoms with Crippen molar-refractivity contribution in [3.05, 3.63) is 35.4 Å². The van der Waals surface area contributed by atoms with Crippen LogP contribution in [0.1, 0.15) is 31.4 Å². The maximum absolute atomic E-state index is 12.7. The Morgan fingerprint density at radius 2 is 1.95 bits per heavy atom. The van der Waals surface area contributed by atoms with Crippen LogP contribution in [0.25, 0.3) is 0 Å². The number of hydrogen-bond donors (Lipinski definition) is 0. The predicted molar refractivity (Wildman–Crippen MR) is 82.1 cm³/mol. The van der Waals surface area contributed by atoms with Gasteiger partial charge in [-0.1, -0.05) is 19.1 Å². The second kappa shape index (κ2) is 5.41. The van der Waals surface area contributed by atoms with Crippen LogP contribution in [0, 0.1) is 11.8 Å². The molecule has 1 saturated heterocycles. The molecule has 22 heavy (non-hydrogen) atoms. The Bertz CT molecular complexity index is 542. The molecule has 1 nitrogen and oxygen atoms in total. The van der Waals surface area contributed by atoms with Crippen LogP contribution >= 0.6 is 11.6 Å². The molecule has 2 aliphatic rings. The minimum Gasteiger partial charge on any atom is -0.299 e. The molecule has 0 bridgehead atoms. The van der Waals surface area contributed by atoms with Crippen molar-refractivity contribution in [3.63, 3.8) is 0 Å². The molecule has 1 unspecified atom stereocenters. The highest BCUT2D eigenvalue weighted by molar-refractivity contribution is 6.17. The highest BCUT2D eigenvalue weighted by atomic mass is 35.5. The highest BCUT2D eigenvalue weighted by Gasteiger charge is 2.67. The number of likely N-dealkylation sites (tertiary alicyclic amines) is 1. The maximum Gasteiger partial charge on any atom is 0.416 e. The maximum atomic E-state index is 12.7. The Hall–Kier alpha value is -0.740. The Morgan fingerprint density at radius 3 is 2.50 bits per heavy atom. The van der Waals surface area contributed by atoms with Gasteiger partial charge in [0.05, 0.1) is 5.56 Å². The number of alkyl halides is 4. The number of piperidine rings is 1. The quantitative estimate of drug-likeness (QED) is 0.732. The third-order valence-corrected chi connectivity index (χ3v) is 5.98. The summed E-state index contributed by atoms with van der Waals surface area (Å²) >= 11 is 5.83. The number of fused-ring (bicyclic) bond motifs is 1. The highest BCUT2D eigenvalue weighted by Crippen LogP contribution is 2.64. The van der Waals surface area contributed by atoms with Gasteiger partial charge in [0.1, 0.15) is 0 Å². The van der Waals surface area contributed by atoms with Crippen molar-refractivity contribution >= 4 is 11.6 Å². The number of rotatable bonds is 4. The summed E-state index contributed by atoms with van der Waals surface area (Å²) in [6.07, 6.45) is -3.31. The van der Waals surface area contributed by atoms with E-state index in [1.165, 1.54) is 12.1 Å². The molecule has 1 heterocycles. The Morgan fingerprint density at radius 1 is 1.32 bits per heavy atom. The summed E-state index contributed by atoms with van der Waals surface area (Å²) in [4.78, 5) is 2.44. The van der Waals surface area contributed by atoms with Gasteiger partial charge in [-0.3, -0.25) is 4.90 Å². The van der Waals surface area contributed by atoms with Crippen LogP contribution in [0.15, 0.2) is 24.3 Å². The molecule has 1 aromatic carbocycles. The van der Waals surface area contributed by atoms with Crippen LogP contribution in [-0.2, 0) is 11.6 Å². The third kappa shape index (κ3) is 2.44.